The first-order valence-corrected chi connectivity index (χ1v) is 37.8. The highest BCUT2D eigenvalue weighted by molar-refractivity contribution is 7.97. The Balaban J connectivity index is 0.000000163. The molecule has 13 rings (SSSR count). The molecule has 8 unspecified atom stereocenters. The molecule has 99 heavy (non-hydrogen) atoms. The zero-order chi connectivity index (χ0) is 72.9. The Morgan fingerprint density at radius 1 is 0.646 bits per heavy atom. The molecule has 8 atom stereocenters. The Morgan fingerprint density at radius 3 is 1.65 bits per heavy atom. The maximum absolute atomic E-state index is 13.3. The van der Waals surface area contributed by atoms with Gasteiger partial charge in [0.2, 0.25) is 6.10 Å². The number of halogens is 3. The summed E-state index contributed by atoms with van der Waals surface area (Å²) in [5, 5.41) is 9.06. The molecule has 5 saturated carbocycles. The smallest absolute Gasteiger partial charge is 0.426 e. The summed E-state index contributed by atoms with van der Waals surface area (Å²) in [4.78, 5) is 77.3. The highest BCUT2D eigenvalue weighted by Gasteiger charge is 2.66. The number of phenolic OH excluding ortho intramolecular Hbond substituents is 1. The number of aromatic hydroxyl groups is 1. The van der Waals surface area contributed by atoms with Crippen molar-refractivity contribution in [2.24, 2.45) is 44.8 Å². The van der Waals surface area contributed by atoms with E-state index >= 15 is 0 Å². The average molecular weight is 1420 g/mol. The molecule has 17 nitrogen and oxygen atoms in total. The number of fused-ring (bicyclic) bond motifs is 3. The molecule has 0 radical (unpaired) electrons. The van der Waals surface area contributed by atoms with E-state index in [-0.39, 0.29) is 87.9 Å². The van der Waals surface area contributed by atoms with Gasteiger partial charge in [-0.15, -0.1) is 0 Å². The van der Waals surface area contributed by atoms with Crippen LogP contribution < -0.4 is 4.74 Å². The van der Waals surface area contributed by atoms with Gasteiger partial charge < -0.3 is 42.8 Å². The van der Waals surface area contributed by atoms with Crippen LogP contribution in [0, 0.1) is 44.8 Å². The van der Waals surface area contributed by atoms with Gasteiger partial charge in [-0.25, -0.2) is 8.42 Å². The number of hydrogen-bond donors (Lipinski definition) is 1. The van der Waals surface area contributed by atoms with Crippen molar-refractivity contribution in [3.05, 3.63) is 114 Å². The van der Waals surface area contributed by atoms with Gasteiger partial charge in [-0.3, -0.25) is 28.8 Å². The molecular weight excluding hydrogens is 1320 g/mol. The Hall–Kier alpha value is -6.49. The van der Waals surface area contributed by atoms with Gasteiger partial charge in [0.25, 0.3) is 0 Å². The zero-order valence-electron chi connectivity index (χ0n) is 59.6. The molecule has 9 aliphatic rings. The van der Waals surface area contributed by atoms with E-state index in [2.05, 4.69) is 90.5 Å². The lowest BCUT2D eigenvalue weighted by Crippen LogP contribution is -2.61. The van der Waals surface area contributed by atoms with Crippen LogP contribution in [0.1, 0.15) is 204 Å². The molecule has 4 aliphatic heterocycles. The summed E-state index contributed by atoms with van der Waals surface area (Å²) in [5.74, 6) is -3.70. The van der Waals surface area contributed by atoms with E-state index in [1.807, 2.05) is 69.2 Å². The summed E-state index contributed by atoms with van der Waals surface area (Å²) in [6.07, 6.45) is 3.08. The van der Waals surface area contributed by atoms with Gasteiger partial charge in [0.1, 0.15) is 28.8 Å². The van der Waals surface area contributed by atoms with E-state index in [0.717, 1.165) is 44.9 Å². The number of carbonyl (C=O) groups is 6. The summed E-state index contributed by atoms with van der Waals surface area (Å²) in [6.45, 7) is 24.7. The topological polar surface area (TPSA) is 244 Å². The van der Waals surface area contributed by atoms with Gasteiger partial charge >= 0.3 is 42.0 Å². The quantitative estimate of drug-likeness (QED) is 0.0282. The fourth-order valence-corrected chi connectivity index (χ4v) is 17.3. The number of carbonyl (C=O) groups excluding carboxylic acids is 6. The van der Waals surface area contributed by atoms with Crippen LogP contribution >= 0.6 is 0 Å². The van der Waals surface area contributed by atoms with Crippen LogP contribution in [0.15, 0.2) is 118 Å². The van der Waals surface area contributed by atoms with Gasteiger partial charge in [0.15, 0.2) is 26.9 Å². The summed E-state index contributed by atoms with van der Waals surface area (Å²) in [6, 6.07) is 34.7. The minimum Gasteiger partial charge on any atom is -0.748 e. The third-order valence-corrected chi connectivity index (χ3v) is 24.9. The lowest BCUT2D eigenvalue weighted by atomic mass is 9.48. The van der Waals surface area contributed by atoms with Crippen molar-refractivity contribution in [2.45, 2.75) is 262 Å². The molecule has 4 heterocycles. The monoisotopic (exact) mass is 1420 g/mol. The van der Waals surface area contributed by atoms with E-state index in [1.54, 1.807) is 26.0 Å². The highest BCUT2D eigenvalue weighted by Crippen LogP contribution is 2.64. The number of esters is 6. The van der Waals surface area contributed by atoms with Gasteiger partial charge in [0, 0.05) is 24.0 Å². The standard InChI is InChI=1S/C20H29F3O7S.C19H15S.C13H18O5.C13H24O2.C12H16O3/c1-4-17(2,3)15(24)30-19-8-12-5-13(9-19)7-18(6-12,11-19)16(25)29-14(20(21,22)23)10-31(26,27)28;1-2-10-17(11-3-1)20-18-12-6-4-8-15(18)14-16-9-5-7-13-19(16)20;1-4-13(2,3)12(15)18-9-7-5-6-8(16-7)10(9)17-11(6)14;1-5-12(3,4)11(14)15-13(6-2)9-7-8-10-13;1-4-12(2,3)11(14)15-10-7-5-9(13)6-8-10/h12-14H,4-11H2,1-3H3,(H,26,27,28);1-13H,14H2;6-10H,4-5H2,1-3H3;5-10H2,1-4H3;5-8,13H,4H2,1-3H3/q;+1;;;/p-1. The normalized spacial score (nSPS) is 25.5. The van der Waals surface area contributed by atoms with E-state index in [1.165, 1.54) is 50.8 Å². The first kappa shape index (κ1) is 78.2. The number of alkyl halides is 3. The summed E-state index contributed by atoms with van der Waals surface area (Å²) >= 11 is 0. The number of benzene rings is 4. The molecule has 544 valence electrons. The number of ether oxygens (including phenoxy) is 7. The van der Waals surface area contributed by atoms with Crippen LogP contribution in [0.2, 0.25) is 0 Å². The van der Waals surface area contributed by atoms with Crippen molar-refractivity contribution in [3.8, 4) is 11.5 Å². The predicted molar refractivity (Wildman–Crippen MR) is 365 cm³/mol. The fraction of sp³-hybridized carbons (Fsp3) is 0.610. The maximum atomic E-state index is 13.3. The Labute approximate surface area is 585 Å². The summed E-state index contributed by atoms with van der Waals surface area (Å²) in [7, 11) is -5.23. The van der Waals surface area contributed by atoms with Crippen LogP contribution in [-0.4, -0.2) is 108 Å². The van der Waals surface area contributed by atoms with Crippen molar-refractivity contribution in [1.82, 2.24) is 0 Å². The van der Waals surface area contributed by atoms with Crippen molar-refractivity contribution in [2.75, 3.05) is 5.75 Å². The second-order valence-corrected chi connectivity index (χ2v) is 34.1. The SMILES string of the molecule is CCC(C)(C)C(=O)OC12CC3CC(C1)CC(C(=O)OC(CS(=O)(=O)[O-])C(F)(F)F)(C3)C2.CCC(C)(C)C(=O)OC1C2CC3C(=O)OC1C3O2.CCC(C)(C)C(=O)Oc1ccc(O)cc1.CCC1(OC(=O)C(C)(C)CC)CCCC1.c1ccc([S+]2c3ccccc3Cc3ccccc32)cc1. The van der Waals surface area contributed by atoms with Crippen molar-refractivity contribution in [1.29, 1.82) is 0 Å². The first-order valence-electron chi connectivity index (χ1n) is 35.0. The van der Waals surface area contributed by atoms with Crippen LogP contribution in [0.3, 0.4) is 0 Å². The minimum absolute atomic E-state index is 0.00100. The first-order chi connectivity index (χ1) is 46.3. The van der Waals surface area contributed by atoms with Crippen LogP contribution in [0.5, 0.6) is 11.5 Å². The summed E-state index contributed by atoms with van der Waals surface area (Å²) in [5.41, 5.74) is -1.46. The Kier molecular flexibility index (Phi) is 24.5. The van der Waals surface area contributed by atoms with Crippen molar-refractivity contribution < 1.29 is 93.2 Å². The van der Waals surface area contributed by atoms with Gasteiger partial charge in [-0.1, -0.05) is 89.2 Å². The molecule has 6 bridgehead atoms. The average Bonchev–Trinajstić information content (AvgIpc) is 1.14. The second-order valence-electron chi connectivity index (χ2n) is 30.7. The van der Waals surface area contributed by atoms with Crippen LogP contribution in [0.4, 0.5) is 13.2 Å². The molecule has 4 aromatic rings. The van der Waals surface area contributed by atoms with Gasteiger partial charge in [-0.2, -0.15) is 13.2 Å². The van der Waals surface area contributed by atoms with Gasteiger partial charge in [-0.05, 0) is 212 Å². The van der Waals surface area contributed by atoms with E-state index in [4.69, 9.17) is 33.5 Å². The Bertz CT molecular complexity index is 3560. The molecule has 8 fully saturated rings. The lowest BCUT2D eigenvalue weighted by Gasteiger charge is -2.60. The third kappa shape index (κ3) is 18.6. The molecule has 1 N–H and O–H groups in total. The van der Waals surface area contributed by atoms with E-state index in [0.29, 0.717) is 50.7 Å². The molecule has 3 saturated heterocycles. The van der Waals surface area contributed by atoms with Gasteiger partial charge in [0.05, 0.1) is 65.9 Å². The number of phenols is 1. The molecular formula is C77H101F3O17S2. The molecule has 0 amide bonds. The van der Waals surface area contributed by atoms with Crippen LogP contribution in [0.25, 0.3) is 0 Å². The van der Waals surface area contributed by atoms with Crippen LogP contribution in [-0.2, 0) is 84.6 Å². The maximum Gasteiger partial charge on any atom is 0.426 e. The lowest BCUT2D eigenvalue weighted by molar-refractivity contribution is -0.239. The highest BCUT2D eigenvalue weighted by atomic mass is 32.2. The predicted octanol–water partition coefficient (Wildman–Crippen LogP) is 15.5. The molecule has 0 spiro atoms. The van der Waals surface area contributed by atoms with E-state index in [9.17, 15) is 54.9 Å². The second kappa shape index (κ2) is 31.0. The fourth-order valence-electron chi connectivity index (χ4n) is 14.2. The molecule has 22 heteroatoms. The largest absolute Gasteiger partial charge is 0.748 e. The van der Waals surface area contributed by atoms with Crippen molar-refractivity contribution >= 4 is 56.8 Å². The molecule has 0 aromatic heterocycles. The number of rotatable bonds is 18. The van der Waals surface area contributed by atoms with E-state index < -0.39 is 79.6 Å². The Morgan fingerprint density at radius 2 is 1.14 bits per heavy atom. The zero-order valence-corrected chi connectivity index (χ0v) is 61.2. The van der Waals surface area contributed by atoms with Crippen molar-refractivity contribution in [3.63, 3.8) is 0 Å². The third-order valence-electron chi connectivity index (χ3n) is 21.8. The minimum atomic E-state index is -5.27. The summed E-state index contributed by atoms with van der Waals surface area (Å²) < 4.78 is 110. The number of hydrogen-bond acceptors (Lipinski definition) is 17. The molecule has 4 aromatic carbocycles. The molecule has 5 aliphatic carbocycles.